The van der Waals surface area contributed by atoms with Crippen LogP contribution in [0.5, 0.6) is 0 Å². The Kier molecular flexibility index (Phi) is 8.27. The zero-order valence-electron chi connectivity index (χ0n) is 15.2. The van der Waals surface area contributed by atoms with Crippen molar-refractivity contribution in [3.8, 4) is 0 Å². The van der Waals surface area contributed by atoms with Crippen LogP contribution in [-0.2, 0) is 10.0 Å². The second kappa shape index (κ2) is 8.52. The van der Waals surface area contributed by atoms with Crippen LogP contribution in [-0.4, -0.2) is 78.6 Å². The number of rotatable bonds is 11. The molecule has 0 amide bonds. The number of quaternary nitrogens is 1. The summed E-state index contributed by atoms with van der Waals surface area (Å²) in [5.74, 6) is -14.5. The van der Waals surface area contributed by atoms with Crippen molar-refractivity contribution in [2.75, 3.05) is 32.7 Å². The lowest BCUT2D eigenvalue weighted by Crippen LogP contribution is -2.65. The first-order valence-electron chi connectivity index (χ1n) is 8.07. The topological polar surface area (TPSA) is 57.6 Å². The van der Waals surface area contributed by atoms with Gasteiger partial charge in [-0.05, 0) is 13.8 Å². The predicted molar refractivity (Wildman–Crippen MR) is 79.7 cm³/mol. The van der Waals surface area contributed by atoms with Crippen LogP contribution in [0.25, 0.3) is 0 Å². The van der Waals surface area contributed by atoms with Crippen LogP contribution in [0.2, 0.25) is 0 Å². The smallest absolute Gasteiger partial charge is 0.217 e. The highest BCUT2D eigenvalue weighted by atomic mass is 32.2. The summed E-state index contributed by atoms with van der Waals surface area (Å²) in [5, 5.41) is 3.24. The van der Waals surface area contributed by atoms with Crippen molar-refractivity contribution in [1.82, 2.24) is 4.31 Å². The van der Waals surface area contributed by atoms with Gasteiger partial charge in [0.1, 0.15) is 19.6 Å². The minimum absolute atomic E-state index is 0.140. The van der Waals surface area contributed by atoms with Gasteiger partial charge in [0, 0.05) is 19.5 Å². The molecule has 0 aromatic heterocycles. The first-order chi connectivity index (χ1) is 12.3. The van der Waals surface area contributed by atoms with E-state index in [1.54, 1.807) is 13.8 Å². The summed E-state index contributed by atoms with van der Waals surface area (Å²) in [6.45, 7) is 2.30. The van der Waals surface area contributed by atoms with Crippen LogP contribution in [0.3, 0.4) is 0 Å². The Morgan fingerprint density at radius 1 is 0.857 bits per heavy atom. The fraction of sp³-hybridized carbons (Fsp3) is 1.00. The van der Waals surface area contributed by atoms with E-state index in [0.717, 1.165) is 6.92 Å². The lowest BCUT2D eigenvalue weighted by molar-refractivity contribution is -1.10. The van der Waals surface area contributed by atoms with Gasteiger partial charge in [-0.25, -0.2) is 13.6 Å². The maximum atomic E-state index is 13.8. The van der Waals surface area contributed by atoms with E-state index < -0.39 is 51.0 Å². The molecule has 0 aliphatic rings. The molecule has 0 atom stereocenters. The van der Waals surface area contributed by atoms with Gasteiger partial charge in [0.05, 0.1) is 0 Å². The highest BCUT2D eigenvalue weighted by molar-refractivity contribution is 7.90. The van der Waals surface area contributed by atoms with Crippen molar-refractivity contribution < 1.29 is 57.8 Å². The van der Waals surface area contributed by atoms with E-state index in [9.17, 15) is 53.1 Å². The van der Waals surface area contributed by atoms with E-state index in [4.69, 9.17) is 0 Å². The first-order valence-corrected chi connectivity index (χ1v) is 9.51. The van der Waals surface area contributed by atoms with Crippen LogP contribution in [0, 0.1) is 0 Å². The summed E-state index contributed by atoms with van der Waals surface area (Å²) in [7, 11) is -6.60. The molecule has 28 heavy (non-hydrogen) atoms. The average molecular weight is 457 g/mol. The second-order valence-corrected chi connectivity index (χ2v) is 7.94. The summed E-state index contributed by atoms with van der Waals surface area (Å²) < 4.78 is 139. The summed E-state index contributed by atoms with van der Waals surface area (Å²) >= 11 is 0. The third-order valence-electron chi connectivity index (χ3n) is 4.29. The van der Waals surface area contributed by atoms with Crippen molar-refractivity contribution >= 4 is 10.0 Å². The molecule has 0 saturated carbocycles. The number of halogens is 9. The zero-order valence-corrected chi connectivity index (χ0v) is 16.0. The average Bonchev–Trinajstić information content (AvgIpc) is 2.56. The monoisotopic (exact) mass is 457 g/mol. The van der Waals surface area contributed by atoms with Crippen molar-refractivity contribution in [3.63, 3.8) is 0 Å². The molecule has 170 valence electrons. The molecule has 0 aliphatic carbocycles. The molecule has 0 heterocycles. The molecule has 0 aromatic carbocycles. The van der Waals surface area contributed by atoms with Crippen LogP contribution < -0.4 is 0 Å². The molecule has 0 aromatic rings. The van der Waals surface area contributed by atoms with Gasteiger partial charge in [0.15, 0.2) is 0 Å². The van der Waals surface area contributed by atoms with E-state index in [0.29, 0.717) is 0 Å². The third kappa shape index (κ3) is 4.67. The number of hydrogen-bond donors (Lipinski definition) is 1. The summed E-state index contributed by atoms with van der Waals surface area (Å²) in [6.07, 6.45) is -7.45. The normalized spacial score (nSPS) is 15.4. The fourth-order valence-electron chi connectivity index (χ4n) is 2.21. The maximum absolute atomic E-state index is 13.8. The molecular weight excluding hydrogens is 435 g/mol. The number of hydroxylamine groups is 3. The van der Waals surface area contributed by atoms with E-state index >= 15 is 0 Å². The fourth-order valence-corrected chi connectivity index (χ4v) is 3.70. The standard InChI is InChI=1S/C13H22F9N2O3S/c1-4-23(8-7-9-24(25,5-2)6-3)28(26,27)13(21,22)11(16,17)10(14,15)12(18,19)20/h25H,4-9H2,1-3H3/q+1. The Balaban J connectivity index is 5.79. The molecule has 0 saturated heterocycles. The van der Waals surface area contributed by atoms with Gasteiger partial charge in [-0.2, -0.15) is 48.5 Å². The molecule has 0 spiro atoms. The SMILES string of the molecule is CCN(CCC[N+](O)(CC)CC)S(=O)(=O)C(F)(F)C(F)(F)C(F)(F)C(F)(F)F. The molecule has 0 radical (unpaired) electrons. The minimum Gasteiger partial charge on any atom is -0.217 e. The van der Waals surface area contributed by atoms with Gasteiger partial charge in [-0.3, -0.25) is 0 Å². The Hall–Kier alpha value is -0.800. The predicted octanol–water partition coefficient (Wildman–Crippen LogP) is 3.70. The Labute approximate surface area is 156 Å². The van der Waals surface area contributed by atoms with Crippen LogP contribution in [0.1, 0.15) is 27.2 Å². The summed E-state index contributed by atoms with van der Waals surface area (Å²) in [4.78, 5) is 0. The number of nitrogens with zero attached hydrogens (tertiary/aromatic N) is 2. The van der Waals surface area contributed by atoms with Gasteiger partial charge in [0.2, 0.25) is 0 Å². The van der Waals surface area contributed by atoms with E-state index in [2.05, 4.69) is 0 Å². The Bertz CT molecular complexity index is 619. The van der Waals surface area contributed by atoms with Crippen molar-refractivity contribution in [2.45, 2.75) is 50.5 Å². The number of alkyl halides is 9. The molecule has 15 heteroatoms. The van der Waals surface area contributed by atoms with E-state index in [1.165, 1.54) is 0 Å². The van der Waals surface area contributed by atoms with Crippen LogP contribution >= 0.6 is 0 Å². The largest absolute Gasteiger partial charge is 0.460 e. The second-order valence-electron chi connectivity index (χ2n) is 5.96. The maximum Gasteiger partial charge on any atom is 0.460 e. The third-order valence-corrected chi connectivity index (χ3v) is 6.32. The summed E-state index contributed by atoms with van der Waals surface area (Å²) in [5.41, 5.74) is 0. The van der Waals surface area contributed by atoms with Crippen LogP contribution in [0.4, 0.5) is 39.5 Å². The Morgan fingerprint density at radius 2 is 1.29 bits per heavy atom. The lowest BCUT2D eigenvalue weighted by atomic mass is 10.1. The van der Waals surface area contributed by atoms with Crippen molar-refractivity contribution in [2.24, 2.45) is 0 Å². The zero-order chi connectivity index (χ0) is 22.8. The molecule has 0 fully saturated rings. The number of hydrogen-bond acceptors (Lipinski definition) is 3. The Morgan fingerprint density at radius 3 is 1.61 bits per heavy atom. The van der Waals surface area contributed by atoms with E-state index in [-0.39, 0.29) is 30.4 Å². The van der Waals surface area contributed by atoms with Gasteiger partial charge < -0.3 is 0 Å². The molecule has 5 nitrogen and oxygen atoms in total. The highest BCUT2D eigenvalue weighted by Crippen LogP contribution is 2.55. The number of sulfonamides is 1. The van der Waals surface area contributed by atoms with Gasteiger partial charge in [-0.1, -0.05) is 6.92 Å². The molecule has 0 bridgehead atoms. The van der Waals surface area contributed by atoms with E-state index in [1.807, 2.05) is 0 Å². The van der Waals surface area contributed by atoms with Crippen LogP contribution in [0.15, 0.2) is 0 Å². The van der Waals surface area contributed by atoms with Crippen molar-refractivity contribution in [3.05, 3.63) is 0 Å². The molecule has 0 rings (SSSR count). The quantitative estimate of drug-likeness (QED) is 0.293. The highest BCUT2D eigenvalue weighted by Gasteiger charge is 2.85. The van der Waals surface area contributed by atoms with Gasteiger partial charge >= 0.3 is 23.3 Å². The molecular formula is C13H22F9N2O3S+. The molecule has 0 unspecified atom stereocenters. The van der Waals surface area contributed by atoms with Crippen molar-refractivity contribution in [1.29, 1.82) is 0 Å². The molecule has 0 aliphatic heterocycles. The van der Waals surface area contributed by atoms with Gasteiger partial charge in [0.25, 0.3) is 10.0 Å². The lowest BCUT2D eigenvalue weighted by Gasteiger charge is -2.35. The summed E-state index contributed by atoms with van der Waals surface area (Å²) in [6, 6.07) is 0. The first kappa shape index (κ1) is 27.2. The minimum atomic E-state index is -7.29. The van der Waals surface area contributed by atoms with Gasteiger partial charge in [-0.15, -0.1) is 0 Å². The molecule has 1 N–H and O–H groups in total.